The van der Waals surface area contributed by atoms with Crippen molar-refractivity contribution in [2.75, 3.05) is 29.2 Å². The van der Waals surface area contributed by atoms with Gasteiger partial charge in [0.1, 0.15) is 13.2 Å². The van der Waals surface area contributed by atoms with Gasteiger partial charge >= 0.3 is 0 Å². The Hall–Kier alpha value is -4.33. The summed E-state index contributed by atoms with van der Waals surface area (Å²) >= 11 is 0. The number of nitrogens with one attached hydrogen (secondary N) is 3. The van der Waals surface area contributed by atoms with Crippen molar-refractivity contribution in [3.8, 4) is 11.5 Å². The first kappa shape index (κ1) is 18.7. The zero-order valence-electron chi connectivity index (χ0n) is 16.6. The number of hydrogen-bond acceptors (Lipinski definition) is 8. The predicted octanol–water partition coefficient (Wildman–Crippen LogP) is 4.87. The second kappa shape index (κ2) is 8.58. The average molecular weight is 412 g/mol. The van der Waals surface area contributed by atoms with Crippen LogP contribution < -0.4 is 25.4 Å². The molecule has 5 rings (SSSR count). The molecule has 3 N–H and O–H groups in total. The molecule has 8 nitrogen and oxygen atoms in total. The Bertz CT molecular complexity index is 1110. The van der Waals surface area contributed by atoms with E-state index in [4.69, 9.17) is 9.47 Å². The molecule has 1 aliphatic heterocycles. The molecule has 0 amide bonds. The van der Waals surface area contributed by atoms with Crippen molar-refractivity contribution in [3.63, 3.8) is 0 Å². The molecule has 2 heterocycles. The first-order valence-electron chi connectivity index (χ1n) is 9.89. The van der Waals surface area contributed by atoms with E-state index in [1.807, 2.05) is 78.9 Å². The summed E-state index contributed by atoms with van der Waals surface area (Å²) in [5.41, 5.74) is 2.54. The van der Waals surface area contributed by atoms with Crippen LogP contribution in [-0.2, 0) is 0 Å². The minimum Gasteiger partial charge on any atom is -0.486 e. The topological polar surface area (TPSA) is 93.2 Å². The molecule has 3 aromatic carbocycles. The van der Waals surface area contributed by atoms with Gasteiger partial charge in [0.2, 0.25) is 17.8 Å². The summed E-state index contributed by atoms with van der Waals surface area (Å²) in [7, 11) is 0. The molecule has 0 saturated carbocycles. The van der Waals surface area contributed by atoms with Gasteiger partial charge in [-0.25, -0.2) is 0 Å². The molecule has 0 fully saturated rings. The Morgan fingerprint density at radius 2 is 1.00 bits per heavy atom. The molecule has 0 bridgehead atoms. The third-order valence-corrected chi connectivity index (χ3v) is 4.49. The van der Waals surface area contributed by atoms with E-state index < -0.39 is 0 Å². The zero-order chi connectivity index (χ0) is 20.9. The Morgan fingerprint density at radius 1 is 0.516 bits per heavy atom. The molecule has 0 saturated heterocycles. The van der Waals surface area contributed by atoms with Gasteiger partial charge in [-0.3, -0.25) is 0 Å². The van der Waals surface area contributed by atoms with Crippen molar-refractivity contribution in [2.24, 2.45) is 0 Å². The number of fused-ring (bicyclic) bond motifs is 1. The highest BCUT2D eigenvalue weighted by atomic mass is 16.6. The van der Waals surface area contributed by atoms with Crippen molar-refractivity contribution in [2.45, 2.75) is 0 Å². The van der Waals surface area contributed by atoms with E-state index >= 15 is 0 Å². The van der Waals surface area contributed by atoms with Gasteiger partial charge in [0, 0.05) is 23.1 Å². The van der Waals surface area contributed by atoms with Crippen LogP contribution in [-0.4, -0.2) is 28.2 Å². The van der Waals surface area contributed by atoms with Gasteiger partial charge in [0.05, 0.1) is 0 Å². The molecular weight excluding hydrogens is 392 g/mol. The highest BCUT2D eigenvalue weighted by Gasteiger charge is 2.13. The maximum Gasteiger partial charge on any atom is 0.233 e. The molecule has 1 aromatic heterocycles. The quantitative estimate of drug-likeness (QED) is 0.413. The number of anilines is 6. The summed E-state index contributed by atoms with van der Waals surface area (Å²) in [6.45, 7) is 1.08. The smallest absolute Gasteiger partial charge is 0.233 e. The monoisotopic (exact) mass is 412 g/mol. The minimum atomic E-state index is 0.392. The standard InChI is InChI=1S/C23H20N6O2/c1-3-7-16(8-4-1)24-21-27-22(25-17-9-5-2-6-10-17)29-23(28-21)26-18-11-12-19-20(15-18)31-14-13-30-19/h1-12,15H,13-14H2,(H3,24,25,26,27,28,29). The van der Waals surface area contributed by atoms with E-state index in [1.54, 1.807) is 0 Å². The molecule has 8 heteroatoms. The van der Waals surface area contributed by atoms with Gasteiger partial charge in [0.15, 0.2) is 11.5 Å². The Balaban J connectivity index is 1.45. The fourth-order valence-electron chi connectivity index (χ4n) is 3.10. The molecule has 0 radical (unpaired) electrons. The van der Waals surface area contributed by atoms with E-state index in [1.165, 1.54) is 0 Å². The maximum atomic E-state index is 5.66. The van der Waals surface area contributed by atoms with Crippen molar-refractivity contribution < 1.29 is 9.47 Å². The number of hydrogen-bond donors (Lipinski definition) is 3. The summed E-state index contributed by atoms with van der Waals surface area (Å²) in [4.78, 5) is 13.5. The third-order valence-electron chi connectivity index (χ3n) is 4.49. The van der Waals surface area contributed by atoms with Gasteiger partial charge in [-0.2, -0.15) is 15.0 Å². The van der Waals surface area contributed by atoms with E-state index in [2.05, 4.69) is 30.9 Å². The van der Waals surface area contributed by atoms with Crippen molar-refractivity contribution >= 4 is 34.9 Å². The average Bonchev–Trinajstić information content (AvgIpc) is 2.80. The molecule has 0 spiro atoms. The molecular formula is C23H20N6O2. The number of aromatic nitrogens is 3. The fourth-order valence-corrected chi connectivity index (χ4v) is 3.10. The SMILES string of the molecule is c1ccc(Nc2nc(Nc3ccccc3)nc(Nc3ccc4c(c3)OCCO4)n2)cc1. The van der Waals surface area contributed by atoms with E-state index in [-0.39, 0.29) is 0 Å². The Kier molecular flexibility index (Phi) is 5.17. The molecule has 0 aliphatic carbocycles. The summed E-state index contributed by atoms with van der Waals surface area (Å²) in [6.07, 6.45) is 0. The lowest BCUT2D eigenvalue weighted by molar-refractivity contribution is 0.171. The van der Waals surface area contributed by atoms with Crippen LogP contribution in [0.4, 0.5) is 34.9 Å². The third kappa shape index (κ3) is 4.64. The van der Waals surface area contributed by atoms with Crippen LogP contribution in [0.15, 0.2) is 78.9 Å². The highest BCUT2D eigenvalue weighted by molar-refractivity contribution is 5.64. The predicted molar refractivity (Wildman–Crippen MR) is 120 cm³/mol. The molecule has 0 atom stereocenters. The van der Waals surface area contributed by atoms with Crippen molar-refractivity contribution in [3.05, 3.63) is 78.9 Å². The number of ether oxygens (including phenoxy) is 2. The van der Waals surface area contributed by atoms with E-state index in [9.17, 15) is 0 Å². The first-order valence-corrected chi connectivity index (χ1v) is 9.89. The van der Waals surface area contributed by atoms with E-state index in [0.717, 1.165) is 22.8 Å². The molecule has 31 heavy (non-hydrogen) atoms. The van der Waals surface area contributed by atoms with Crippen molar-refractivity contribution in [1.82, 2.24) is 15.0 Å². The van der Waals surface area contributed by atoms with Gasteiger partial charge in [0.25, 0.3) is 0 Å². The van der Waals surface area contributed by atoms with Crippen LogP contribution >= 0.6 is 0 Å². The van der Waals surface area contributed by atoms with E-state index in [0.29, 0.717) is 36.8 Å². The second-order valence-electron chi connectivity index (χ2n) is 6.77. The van der Waals surface area contributed by atoms with Gasteiger partial charge in [-0.1, -0.05) is 36.4 Å². The zero-order valence-corrected chi connectivity index (χ0v) is 16.6. The largest absolute Gasteiger partial charge is 0.486 e. The van der Waals surface area contributed by atoms with Crippen LogP contribution in [0.5, 0.6) is 11.5 Å². The van der Waals surface area contributed by atoms with Crippen LogP contribution in [0, 0.1) is 0 Å². The molecule has 1 aliphatic rings. The molecule has 0 unspecified atom stereocenters. The summed E-state index contributed by atoms with van der Waals surface area (Å²) < 4.78 is 11.3. The van der Waals surface area contributed by atoms with Crippen LogP contribution in [0.3, 0.4) is 0 Å². The normalized spacial score (nSPS) is 12.1. The van der Waals surface area contributed by atoms with Crippen molar-refractivity contribution in [1.29, 1.82) is 0 Å². The first-order chi connectivity index (χ1) is 15.3. The molecule has 4 aromatic rings. The Morgan fingerprint density at radius 3 is 1.55 bits per heavy atom. The number of benzene rings is 3. The lowest BCUT2D eigenvalue weighted by Crippen LogP contribution is -2.15. The summed E-state index contributed by atoms with van der Waals surface area (Å²) in [5, 5.41) is 9.67. The lowest BCUT2D eigenvalue weighted by atomic mass is 10.2. The maximum absolute atomic E-state index is 5.66. The Labute approximate surface area is 179 Å². The van der Waals surface area contributed by atoms with Crippen LogP contribution in [0.25, 0.3) is 0 Å². The lowest BCUT2D eigenvalue weighted by Gasteiger charge is -2.19. The number of para-hydroxylation sites is 2. The fraction of sp³-hybridized carbons (Fsp3) is 0.0870. The number of rotatable bonds is 6. The second-order valence-corrected chi connectivity index (χ2v) is 6.77. The van der Waals surface area contributed by atoms with Gasteiger partial charge in [-0.05, 0) is 36.4 Å². The summed E-state index contributed by atoms with van der Waals surface area (Å²) in [6, 6.07) is 25.1. The highest BCUT2D eigenvalue weighted by Crippen LogP contribution is 2.33. The number of nitrogens with zero attached hydrogens (tertiary/aromatic N) is 3. The molecule has 154 valence electrons. The minimum absolute atomic E-state index is 0.392. The van der Waals surface area contributed by atoms with Gasteiger partial charge in [-0.15, -0.1) is 0 Å². The summed E-state index contributed by atoms with van der Waals surface area (Å²) in [5.74, 6) is 2.64. The van der Waals surface area contributed by atoms with Crippen LogP contribution in [0.1, 0.15) is 0 Å². The van der Waals surface area contributed by atoms with Crippen LogP contribution in [0.2, 0.25) is 0 Å². The van der Waals surface area contributed by atoms with Gasteiger partial charge < -0.3 is 25.4 Å².